The highest BCUT2D eigenvalue weighted by molar-refractivity contribution is 5.99. The average molecular weight is 279 g/mol. The van der Waals surface area contributed by atoms with Crippen molar-refractivity contribution in [3.05, 3.63) is 29.6 Å². The van der Waals surface area contributed by atoms with E-state index in [2.05, 4.69) is 0 Å². The largest absolute Gasteiger partial charge is 0.395 e. The van der Waals surface area contributed by atoms with Crippen LogP contribution < -0.4 is 4.90 Å². The van der Waals surface area contributed by atoms with Gasteiger partial charge in [0.15, 0.2) is 5.78 Å². The summed E-state index contributed by atoms with van der Waals surface area (Å²) in [5.74, 6) is -0.519. The van der Waals surface area contributed by atoms with Crippen LogP contribution in [0.2, 0.25) is 0 Å². The van der Waals surface area contributed by atoms with Crippen LogP contribution >= 0.6 is 0 Å². The van der Waals surface area contributed by atoms with E-state index in [0.29, 0.717) is 17.8 Å². The van der Waals surface area contributed by atoms with Crippen LogP contribution in [0.1, 0.15) is 49.4 Å². The molecular formula is C16H22FNO2. The summed E-state index contributed by atoms with van der Waals surface area (Å²) in [5, 5.41) is 9.30. The van der Waals surface area contributed by atoms with E-state index in [4.69, 9.17) is 0 Å². The van der Waals surface area contributed by atoms with Gasteiger partial charge in [-0.2, -0.15) is 0 Å². The molecule has 1 aliphatic carbocycles. The van der Waals surface area contributed by atoms with E-state index in [1.54, 1.807) is 12.1 Å². The van der Waals surface area contributed by atoms with E-state index >= 15 is 0 Å². The minimum atomic E-state index is -0.378. The van der Waals surface area contributed by atoms with Crippen LogP contribution in [0.15, 0.2) is 18.2 Å². The quantitative estimate of drug-likeness (QED) is 0.842. The molecular weight excluding hydrogens is 257 g/mol. The van der Waals surface area contributed by atoms with E-state index in [0.717, 1.165) is 25.7 Å². The van der Waals surface area contributed by atoms with Gasteiger partial charge in [-0.05, 0) is 31.9 Å². The Hall–Kier alpha value is -1.42. The van der Waals surface area contributed by atoms with Gasteiger partial charge in [-0.15, -0.1) is 0 Å². The zero-order valence-corrected chi connectivity index (χ0v) is 11.9. The summed E-state index contributed by atoms with van der Waals surface area (Å²) in [6.07, 6.45) is 5.44. The van der Waals surface area contributed by atoms with Crippen molar-refractivity contribution in [2.45, 2.75) is 45.1 Å². The van der Waals surface area contributed by atoms with Gasteiger partial charge in [-0.25, -0.2) is 4.39 Å². The predicted molar refractivity (Wildman–Crippen MR) is 77.7 cm³/mol. The van der Waals surface area contributed by atoms with Gasteiger partial charge in [0.05, 0.1) is 12.3 Å². The van der Waals surface area contributed by atoms with Crippen molar-refractivity contribution >= 4 is 11.5 Å². The molecule has 0 heterocycles. The molecule has 0 unspecified atom stereocenters. The Kier molecular flexibility index (Phi) is 5.12. The highest BCUT2D eigenvalue weighted by Gasteiger charge is 2.26. The van der Waals surface area contributed by atoms with Gasteiger partial charge in [0.2, 0.25) is 0 Å². The highest BCUT2D eigenvalue weighted by Crippen LogP contribution is 2.31. The summed E-state index contributed by atoms with van der Waals surface area (Å²) in [4.78, 5) is 13.6. The lowest BCUT2D eigenvalue weighted by molar-refractivity contribution is 0.101. The number of aliphatic hydroxyl groups is 1. The topological polar surface area (TPSA) is 40.5 Å². The number of benzene rings is 1. The summed E-state index contributed by atoms with van der Waals surface area (Å²) in [6, 6.07) is 4.82. The van der Waals surface area contributed by atoms with E-state index in [1.807, 2.05) is 4.90 Å². The number of ketones is 1. The lowest BCUT2D eigenvalue weighted by Crippen LogP contribution is -2.40. The van der Waals surface area contributed by atoms with Gasteiger partial charge in [0.1, 0.15) is 5.82 Å². The van der Waals surface area contributed by atoms with Gasteiger partial charge in [0.25, 0.3) is 0 Å². The third kappa shape index (κ3) is 3.18. The molecule has 0 aromatic heterocycles. The van der Waals surface area contributed by atoms with Crippen molar-refractivity contribution < 1.29 is 14.3 Å². The first-order chi connectivity index (χ1) is 9.65. The molecule has 1 aliphatic rings. The molecule has 110 valence electrons. The Morgan fingerprint density at radius 2 is 2.05 bits per heavy atom. The minimum Gasteiger partial charge on any atom is -0.395 e. The number of aliphatic hydroxyl groups excluding tert-OH is 1. The fourth-order valence-electron chi connectivity index (χ4n) is 3.07. The first-order valence-corrected chi connectivity index (χ1v) is 7.32. The van der Waals surface area contributed by atoms with Crippen LogP contribution in [0.3, 0.4) is 0 Å². The fourth-order valence-corrected chi connectivity index (χ4v) is 3.07. The maximum atomic E-state index is 14.3. The predicted octanol–water partition coefficient (Wildman–Crippen LogP) is 3.16. The standard InChI is InChI=1S/C16H22FNO2/c1-12(20)14-8-5-9-15(17)16(14)18(10-11-19)13-6-3-2-4-7-13/h5,8-9,13,19H,2-4,6-7,10-11H2,1H3. The molecule has 0 amide bonds. The fraction of sp³-hybridized carbons (Fsp3) is 0.562. The molecule has 0 radical (unpaired) electrons. The SMILES string of the molecule is CC(=O)c1cccc(F)c1N(CCO)C1CCCCC1. The van der Waals surface area contributed by atoms with Crippen molar-refractivity contribution in [2.24, 2.45) is 0 Å². The highest BCUT2D eigenvalue weighted by atomic mass is 19.1. The maximum absolute atomic E-state index is 14.3. The molecule has 4 heteroatoms. The Labute approximate surface area is 119 Å². The first-order valence-electron chi connectivity index (χ1n) is 7.32. The maximum Gasteiger partial charge on any atom is 0.161 e. The van der Waals surface area contributed by atoms with Gasteiger partial charge >= 0.3 is 0 Å². The first kappa shape index (κ1) is 15.0. The molecule has 1 fully saturated rings. The summed E-state index contributed by atoms with van der Waals surface area (Å²) in [6.45, 7) is 1.78. The Balaban J connectivity index is 2.39. The summed E-state index contributed by atoms with van der Waals surface area (Å²) < 4.78 is 14.3. The Bertz CT molecular complexity index is 470. The Morgan fingerprint density at radius 3 is 2.65 bits per heavy atom. The number of hydrogen-bond acceptors (Lipinski definition) is 3. The smallest absolute Gasteiger partial charge is 0.161 e. The Morgan fingerprint density at radius 1 is 1.35 bits per heavy atom. The van der Waals surface area contributed by atoms with Gasteiger partial charge in [-0.3, -0.25) is 4.79 Å². The number of rotatable bonds is 5. The van der Waals surface area contributed by atoms with E-state index in [9.17, 15) is 14.3 Å². The second-order valence-electron chi connectivity index (χ2n) is 5.40. The number of Topliss-reactive ketones (excluding diaryl/α,β-unsaturated/α-hetero) is 1. The summed E-state index contributed by atoms with van der Waals surface area (Å²) >= 11 is 0. The summed E-state index contributed by atoms with van der Waals surface area (Å²) in [5.41, 5.74) is 0.768. The zero-order valence-electron chi connectivity index (χ0n) is 11.9. The number of anilines is 1. The molecule has 0 atom stereocenters. The van der Waals surface area contributed by atoms with Crippen molar-refractivity contribution in [1.82, 2.24) is 0 Å². The molecule has 1 aromatic rings. The van der Waals surface area contributed by atoms with Gasteiger partial charge < -0.3 is 10.0 Å². The van der Waals surface area contributed by atoms with E-state index in [1.165, 1.54) is 19.4 Å². The number of carbonyl (C=O) groups excluding carboxylic acids is 1. The van der Waals surface area contributed by atoms with E-state index in [-0.39, 0.29) is 24.2 Å². The molecule has 1 saturated carbocycles. The van der Waals surface area contributed by atoms with Crippen LogP contribution in [-0.4, -0.2) is 30.1 Å². The van der Waals surface area contributed by atoms with Crippen LogP contribution in [-0.2, 0) is 0 Å². The minimum absolute atomic E-state index is 0.0395. The lowest BCUT2D eigenvalue weighted by Gasteiger charge is -2.36. The summed E-state index contributed by atoms with van der Waals surface area (Å²) in [7, 11) is 0. The molecule has 0 saturated heterocycles. The molecule has 0 bridgehead atoms. The molecule has 2 rings (SSSR count). The second-order valence-corrected chi connectivity index (χ2v) is 5.40. The van der Waals surface area contributed by atoms with Crippen molar-refractivity contribution in [3.63, 3.8) is 0 Å². The number of para-hydroxylation sites is 1. The molecule has 1 N–H and O–H groups in total. The third-order valence-electron chi connectivity index (χ3n) is 4.01. The van der Waals surface area contributed by atoms with Crippen LogP contribution in [0, 0.1) is 5.82 Å². The number of halogens is 1. The normalized spacial score (nSPS) is 16.1. The second kappa shape index (κ2) is 6.84. The average Bonchev–Trinajstić information content (AvgIpc) is 2.46. The van der Waals surface area contributed by atoms with E-state index < -0.39 is 0 Å². The van der Waals surface area contributed by atoms with Crippen molar-refractivity contribution in [3.8, 4) is 0 Å². The number of nitrogens with zero attached hydrogens (tertiary/aromatic N) is 1. The zero-order chi connectivity index (χ0) is 14.5. The molecule has 0 aliphatic heterocycles. The van der Waals surface area contributed by atoms with Crippen LogP contribution in [0.5, 0.6) is 0 Å². The van der Waals surface area contributed by atoms with Crippen LogP contribution in [0.25, 0.3) is 0 Å². The molecule has 1 aromatic carbocycles. The van der Waals surface area contributed by atoms with Gasteiger partial charge in [0, 0.05) is 18.2 Å². The number of carbonyl (C=O) groups is 1. The van der Waals surface area contributed by atoms with Crippen molar-refractivity contribution in [1.29, 1.82) is 0 Å². The van der Waals surface area contributed by atoms with Crippen molar-refractivity contribution in [2.75, 3.05) is 18.1 Å². The molecule has 20 heavy (non-hydrogen) atoms. The lowest BCUT2D eigenvalue weighted by atomic mass is 9.93. The molecule has 0 spiro atoms. The molecule has 3 nitrogen and oxygen atoms in total. The van der Waals surface area contributed by atoms with Gasteiger partial charge in [-0.1, -0.05) is 25.3 Å². The monoisotopic (exact) mass is 279 g/mol. The third-order valence-corrected chi connectivity index (χ3v) is 4.01. The van der Waals surface area contributed by atoms with Crippen LogP contribution in [0.4, 0.5) is 10.1 Å². The number of hydrogen-bond donors (Lipinski definition) is 1.